The van der Waals surface area contributed by atoms with Crippen LogP contribution in [0.2, 0.25) is 13.1 Å². The standard InChI is InChI=1S/C50H37NO2SSi/c1-55(2)47-20-9-7-17-44(47)53-49-41(14-11-21-48(49)55)36-24-30-39(31-25-36)51(38-28-22-35(23-29-38)34-12-4-3-5-13-34)40-32-26-37(27-33-40)42-15-10-18-45-50(42)54-46-19-8-6-16-43(46)52-45/h3-33H,1-2H3. The summed E-state index contributed by atoms with van der Waals surface area (Å²) in [6.07, 6.45) is 0. The monoisotopic (exact) mass is 743 g/mol. The van der Waals surface area contributed by atoms with Gasteiger partial charge < -0.3 is 14.4 Å². The Bertz CT molecular complexity index is 2690. The zero-order chi connectivity index (χ0) is 36.9. The van der Waals surface area contributed by atoms with Crippen molar-refractivity contribution in [2.75, 3.05) is 4.90 Å². The zero-order valence-corrected chi connectivity index (χ0v) is 32.4. The molecule has 0 amide bonds. The molecule has 0 atom stereocenters. The molecule has 5 heteroatoms. The number of benzene rings is 8. The van der Waals surface area contributed by atoms with E-state index in [9.17, 15) is 0 Å². The van der Waals surface area contributed by atoms with E-state index in [1.54, 1.807) is 11.8 Å². The van der Waals surface area contributed by atoms with Crippen molar-refractivity contribution in [3.63, 3.8) is 0 Å². The fraction of sp³-hybridized carbons (Fsp3) is 0.0400. The van der Waals surface area contributed by atoms with Crippen molar-refractivity contribution in [3.8, 4) is 56.4 Å². The highest BCUT2D eigenvalue weighted by Gasteiger charge is 2.37. The molecule has 0 saturated heterocycles. The van der Waals surface area contributed by atoms with Crippen molar-refractivity contribution >= 4 is 47.3 Å². The van der Waals surface area contributed by atoms with Gasteiger partial charge in [0.2, 0.25) is 0 Å². The second kappa shape index (κ2) is 13.5. The molecule has 0 fully saturated rings. The number of nitrogens with zero attached hydrogens (tertiary/aromatic N) is 1. The summed E-state index contributed by atoms with van der Waals surface area (Å²) in [6.45, 7) is 4.84. The molecule has 8 aromatic carbocycles. The van der Waals surface area contributed by atoms with Crippen LogP contribution in [0.4, 0.5) is 17.1 Å². The summed E-state index contributed by atoms with van der Waals surface area (Å²) in [4.78, 5) is 4.60. The van der Waals surface area contributed by atoms with Gasteiger partial charge in [0.05, 0.1) is 9.79 Å². The highest BCUT2D eigenvalue weighted by atomic mass is 32.2. The molecule has 3 nitrogen and oxygen atoms in total. The van der Waals surface area contributed by atoms with Gasteiger partial charge in [0.15, 0.2) is 0 Å². The van der Waals surface area contributed by atoms with Crippen molar-refractivity contribution in [1.82, 2.24) is 0 Å². The molecular formula is C50H37NO2SSi. The van der Waals surface area contributed by atoms with Crippen molar-refractivity contribution in [1.29, 1.82) is 0 Å². The number of hydrogen-bond donors (Lipinski definition) is 0. The molecule has 0 radical (unpaired) electrons. The van der Waals surface area contributed by atoms with Crippen molar-refractivity contribution in [2.45, 2.75) is 22.9 Å². The average molecular weight is 744 g/mol. The maximum Gasteiger partial charge on any atom is 0.142 e. The lowest BCUT2D eigenvalue weighted by molar-refractivity contribution is 0.455. The van der Waals surface area contributed by atoms with Crippen LogP contribution in [0, 0.1) is 0 Å². The van der Waals surface area contributed by atoms with Crippen LogP contribution in [-0.2, 0) is 0 Å². The summed E-state index contributed by atoms with van der Waals surface area (Å²) < 4.78 is 13.0. The largest absolute Gasteiger partial charge is 0.457 e. The molecule has 2 heterocycles. The van der Waals surface area contributed by atoms with Crippen LogP contribution in [0.1, 0.15) is 0 Å². The molecule has 8 aromatic rings. The highest BCUT2D eigenvalue weighted by molar-refractivity contribution is 7.99. The first kappa shape index (κ1) is 33.3. The van der Waals surface area contributed by atoms with Crippen molar-refractivity contribution in [2.24, 2.45) is 0 Å². The van der Waals surface area contributed by atoms with Crippen LogP contribution in [0.15, 0.2) is 198 Å². The van der Waals surface area contributed by atoms with Gasteiger partial charge in [-0.25, -0.2) is 0 Å². The SMILES string of the molecule is C[Si]1(C)c2ccccc2Oc2c(-c3ccc(N(c4ccc(-c5ccccc5)cc4)c4ccc(-c5cccc6c5Sc5ccccc5O6)cc4)cc3)cccc21. The number of rotatable bonds is 6. The molecule has 0 N–H and O–H groups in total. The van der Waals surface area contributed by atoms with Gasteiger partial charge in [-0.2, -0.15) is 0 Å². The van der Waals surface area contributed by atoms with E-state index in [-0.39, 0.29) is 0 Å². The van der Waals surface area contributed by atoms with E-state index in [0.717, 1.165) is 72.1 Å². The topological polar surface area (TPSA) is 21.7 Å². The summed E-state index contributed by atoms with van der Waals surface area (Å²) >= 11 is 1.77. The van der Waals surface area contributed by atoms with E-state index in [0.29, 0.717) is 0 Å². The third-order valence-electron chi connectivity index (χ3n) is 10.8. The lowest BCUT2D eigenvalue weighted by Crippen LogP contribution is -2.56. The van der Waals surface area contributed by atoms with Gasteiger partial charge in [-0.1, -0.05) is 152 Å². The summed E-state index contributed by atoms with van der Waals surface area (Å²) in [5.41, 5.74) is 10.2. The smallest absolute Gasteiger partial charge is 0.142 e. The molecule has 55 heavy (non-hydrogen) atoms. The Morgan fingerprint density at radius 1 is 0.400 bits per heavy atom. The summed E-state index contributed by atoms with van der Waals surface area (Å²) in [6, 6.07) is 66.9. The minimum Gasteiger partial charge on any atom is -0.457 e. The Kier molecular flexibility index (Phi) is 8.20. The van der Waals surface area contributed by atoms with E-state index in [2.05, 4.69) is 194 Å². The predicted molar refractivity (Wildman–Crippen MR) is 231 cm³/mol. The molecular weight excluding hydrogens is 707 g/mol. The second-order valence-electron chi connectivity index (χ2n) is 14.5. The molecule has 0 aromatic heterocycles. The lowest BCUT2D eigenvalue weighted by atomic mass is 10.0. The van der Waals surface area contributed by atoms with Gasteiger partial charge in [-0.15, -0.1) is 0 Å². The quantitative estimate of drug-likeness (QED) is 0.158. The minimum atomic E-state index is -1.94. The molecule has 0 aliphatic carbocycles. The van der Waals surface area contributed by atoms with E-state index in [4.69, 9.17) is 9.47 Å². The summed E-state index contributed by atoms with van der Waals surface area (Å²) in [5.74, 6) is 3.77. The Hall–Kier alpha value is -6.27. The van der Waals surface area contributed by atoms with Crippen LogP contribution in [-0.4, -0.2) is 8.07 Å². The normalized spacial score (nSPS) is 13.3. The van der Waals surface area contributed by atoms with Gasteiger partial charge in [-0.3, -0.25) is 0 Å². The number of ether oxygens (including phenoxy) is 2. The Labute approximate surface area is 327 Å². The maximum atomic E-state index is 6.68. The number of hydrogen-bond acceptors (Lipinski definition) is 4. The molecule has 2 aliphatic heterocycles. The molecule has 0 unspecified atom stereocenters. The molecule has 264 valence electrons. The van der Waals surface area contributed by atoms with Gasteiger partial charge in [0.25, 0.3) is 0 Å². The fourth-order valence-electron chi connectivity index (χ4n) is 7.93. The summed E-state index contributed by atoms with van der Waals surface area (Å²) in [7, 11) is -1.94. The van der Waals surface area contributed by atoms with Crippen LogP contribution in [0.5, 0.6) is 23.0 Å². The highest BCUT2D eigenvalue weighted by Crippen LogP contribution is 2.51. The molecule has 2 aliphatic rings. The minimum absolute atomic E-state index is 0.894. The van der Waals surface area contributed by atoms with E-state index in [1.807, 2.05) is 12.1 Å². The van der Waals surface area contributed by atoms with E-state index >= 15 is 0 Å². The second-order valence-corrected chi connectivity index (χ2v) is 19.9. The third kappa shape index (κ3) is 5.93. The van der Waals surface area contributed by atoms with Crippen LogP contribution in [0.25, 0.3) is 33.4 Å². The molecule has 0 spiro atoms. The first-order valence-electron chi connectivity index (χ1n) is 18.7. The van der Waals surface area contributed by atoms with Crippen LogP contribution < -0.4 is 24.7 Å². The van der Waals surface area contributed by atoms with Gasteiger partial charge >= 0.3 is 0 Å². The number of fused-ring (bicyclic) bond motifs is 4. The summed E-state index contributed by atoms with van der Waals surface area (Å²) in [5, 5.41) is 2.68. The first-order valence-corrected chi connectivity index (χ1v) is 22.5. The van der Waals surface area contributed by atoms with E-state index in [1.165, 1.54) is 21.5 Å². The van der Waals surface area contributed by atoms with Crippen molar-refractivity contribution in [3.05, 3.63) is 188 Å². The van der Waals surface area contributed by atoms with Gasteiger partial charge in [0, 0.05) is 22.6 Å². The average Bonchev–Trinajstić information content (AvgIpc) is 3.24. The first-order chi connectivity index (χ1) is 27.0. The van der Waals surface area contributed by atoms with Crippen LogP contribution >= 0.6 is 11.8 Å². The Balaban J connectivity index is 1.02. The van der Waals surface area contributed by atoms with Gasteiger partial charge in [0.1, 0.15) is 31.1 Å². The lowest BCUT2D eigenvalue weighted by Gasteiger charge is -2.34. The van der Waals surface area contributed by atoms with Crippen molar-refractivity contribution < 1.29 is 9.47 Å². The number of para-hydroxylation sites is 3. The Morgan fingerprint density at radius 3 is 1.62 bits per heavy atom. The molecule has 0 saturated carbocycles. The predicted octanol–water partition coefficient (Wildman–Crippen LogP) is 13.3. The van der Waals surface area contributed by atoms with Crippen LogP contribution in [0.3, 0.4) is 0 Å². The number of anilines is 3. The maximum absolute atomic E-state index is 6.68. The fourth-order valence-corrected chi connectivity index (χ4v) is 11.8. The molecule has 0 bridgehead atoms. The zero-order valence-electron chi connectivity index (χ0n) is 30.6. The third-order valence-corrected chi connectivity index (χ3v) is 15.5. The van der Waals surface area contributed by atoms with E-state index < -0.39 is 8.07 Å². The Morgan fingerprint density at radius 2 is 0.909 bits per heavy atom. The van der Waals surface area contributed by atoms with Gasteiger partial charge in [-0.05, 0) is 98.9 Å². The molecule has 10 rings (SSSR count).